The minimum atomic E-state index is 0.0376. The van der Waals surface area contributed by atoms with E-state index in [0.717, 1.165) is 36.5 Å². The fourth-order valence-electron chi connectivity index (χ4n) is 2.38. The van der Waals surface area contributed by atoms with Crippen molar-refractivity contribution in [2.45, 2.75) is 23.8 Å². The van der Waals surface area contributed by atoms with Crippen LogP contribution in [0.25, 0.3) is 0 Å². The lowest BCUT2D eigenvalue weighted by Gasteiger charge is -2.30. The van der Waals surface area contributed by atoms with Crippen LogP contribution in [0, 0.1) is 0 Å². The lowest BCUT2D eigenvalue weighted by Crippen LogP contribution is -2.45. The molecule has 1 heterocycles. The number of hydrogen-bond acceptors (Lipinski definition) is 4. The molecule has 1 atom stereocenters. The van der Waals surface area contributed by atoms with Gasteiger partial charge >= 0.3 is 0 Å². The van der Waals surface area contributed by atoms with E-state index in [0.29, 0.717) is 6.54 Å². The molecular weight excluding hydrogens is 258 g/mol. The van der Waals surface area contributed by atoms with Crippen molar-refractivity contribution in [3.05, 3.63) is 24.3 Å². The molecule has 5 heteroatoms. The molecule has 3 N–H and O–H groups in total. The van der Waals surface area contributed by atoms with E-state index in [9.17, 15) is 4.79 Å². The van der Waals surface area contributed by atoms with Crippen LogP contribution in [0.2, 0.25) is 0 Å². The SMILES string of the molecule is CSc1ccccc1NC(=O)CN1CCC[C@@H](N)C1. The van der Waals surface area contributed by atoms with Gasteiger partial charge in [0.1, 0.15) is 0 Å². The number of anilines is 1. The number of nitrogens with zero attached hydrogens (tertiary/aromatic N) is 1. The second kappa shape index (κ2) is 6.93. The summed E-state index contributed by atoms with van der Waals surface area (Å²) in [7, 11) is 0. The van der Waals surface area contributed by atoms with Gasteiger partial charge in [-0.05, 0) is 37.8 Å². The van der Waals surface area contributed by atoms with E-state index >= 15 is 0 Å². The van der Waals surface area contributed by atoms with Gasteiger partial charge in [-0.1, -0.05) is 12.1 Å². The van der Waals surface area contributed by atoms with Gasteiger partial charge in [0.05, 0.1) is 12.2 Å². The third-order valence-corrected chi connectivity index (χ3v) is 4.09. The lowest BCUT2D eigenvalue weighted by molar-refractivity contribution is -0.117. The molecule has 0 unspecified atom stereocenters. The van der Waals surface area contributed by atoms with Gasteiger partial charge < -0.3 is 11.1 Å². The number of likely N-dealkylation sites (tertiary alicyclic amines) is 1. The molecule has 104 valence electrons. The van der Waals surface area contributed by atoms with Crippen LogP contribution in [-0.4, -0.2) is 42.7 Å². The number of hydrogen-bond donors (Lipinski definition) is 2. The molecule has 4 nitrogen and oxygen atoms in total. The van der Waals surface area contributed by atoms with Gasteiger partial charge in [0.15, 0.2) is 0 Å². The van der Waals surface area contributed by atoms with Crippen LogP contribution < -0.4 is 11.1 Å². The summed E-state index contributed by atoms with van der Waals surface area (Å²) in [6.45, 7) is 2.21. The molecule has 1 aromatic carbocycles. The Morgan fingerprint density at radius 2 is 2.32 bits per heavy atom. The van der Waals surface area contributed by atoms with Gasteiger partial charge in [-0.15, -0.1) is 11.8 Å². The van der Waals surface area contributed by atoms with Crippen molar-refractivity contribution < 1.29 is 4.79 Å². The molecule has 1 saturated heterocycles. The van der Waals surface area contributed by atoms with Crippen LogP contribution in [0.5, 0.6) is 0 Å². The Labute approximate surface area is 118 Å². The summed E-state index contributed by atoms with van der Waals surface area (Å²) in [5, 5.41) is 2.98. The summed E-state index contributed by atoms with van der Waals surface area (Å²) in [5.74, 6) is 0.0376. The van der Waals surface area contributed by atoms with Crippen LogP contribution in [0.1, 0.15) is 12.8 Å². The van der Waals surface area contributed by atoms with Gasteiger partial charge in [0, 0.05) is 17.5 Å². The zero-order chi connectivity index (χ0) is 13.7. The van der Waals surface area contributed by atoms with Gasteiger partial charge in [0.2, 0.25) is 5.91 Å². The first-order valence-electron chi connectivity index (χ1n) is 6.60. The zero-order valence-electron chi connectivity index (χ0n) is 11.3. The number of piperidine rings is 1. The Bertz CT molecular complexity index is 438. The molecule has 19 heavy (non-hydrogen) atoms. The highest BCUT2D eigenvalue weighted by Crippen LogP contribution is 2.24. The van der Waals surface area contributed by atoms with Gasteiger partial charge in [-0.3, -0.25) is 9.69 Å². The van der Waals surface area contributed by atoms with Crippen molar-refractivity contribution in [1.82, 2.24) is 4.90 Å². The van der Waals surface area contributed by atoms with E-state index in [1.807, 2.05) is 30.5 Å². The van der Waals surface area contributed by atoms with Crippen molar-refractivity contribution in [2.24, 2.45) is 5.73 Å². The first-order valence-corrected chi connectivity index (χ1v) is 7.82. The maximum Gasteiger partial charge on any atom is 0.238 e. The number of para-hydroxylation sites is 1. The highest BCUT2D eigenvalue weighted by molar-refractivity contribution is 7.98. The number of rotatable bonds is 4. The van der Waals surface area contributed by atoms with E-state index in [2.05, 4.69) is 10.2 Å². The third-order valence-electron chi connectivity index (χ3n) is 3.29. The van der Waals surface area contributed by atoms with Crippen LogP contribution in [-0.2, 0) is 4.79 Å². The topological polar surface area (TPSA) is 58.4 Å². The van der Waals surface area contributed by atoms with E-state index in [1.54, 1.807) is 11.8 Å². The standard InChI is InChI=1S/C14H21N3OS/c1-19-13-7-3-2-6-12(13)16-14(18)10-17-8-4-5-11(15)9-17/h2-3,6-7,11H,4-5,8-10,15H2,1H3,(H,16,18)/t11-/m1/s1. The Morgan fingerprint density at radius 1 is 1.53 bits per heavy atom. The number of thioether (sulfide) groups is 1. The Balaban J connectivity index is 1.90. The number of carbonyl (C=O) groups is 1. The van der Waals surface area contributed by atoms with Crippen molar-refractivity contribution in [3.8, 4) is 0 Å². The lowest BCUT2D eigenvalue weighted by atomic mass is 10.1. The van der Waals surface area contributed by atoms with Gasteiger partial charge in [0.25, 0.3) is 0 Å². The van der Waals surface area contributed by atoms with Crippen LogP contribution in [0.4, 0.5) is 5.69 Å². The smallest absolute Gasteiger partial charge is 0.238 e. The molecule has 1 fully saturated rings. The van der Waals surface area contributed by atoms with Crippen LogP contribution in [0.15, 0.2) is 29.2 Å². The minimum absolute atomic E-state index is 0.0376. The second-order valence-corrected chi connectivity index (χ2v) is 5.73. The van der Waals surface area contributed by atoms with Gasteiger partial charge in [-0.25, -0.2) is 0 Å². The summed E-state index contributed by atoms with van der Waals surface area (Å²) in [5.41, 5.74) is 6.81. The summed E-state index contributed by atoms with van der Waals surface area (Å²) in [6, 6.07) is 8.07. The molecule has 0 saturated carbocycles. The fraction of sp³-hybridized carbons (Fsp3) is 0.500. The number of amides is 1. The van der Waals surface area contributed by atoms with Crippen molar-refractivity contribution in [2.75, 3.05) is 31.2 Å². The van der Waals surface area contributed by atoms with E-state index in [4.69, 9.17) is 5.73 Å². The average molecular weight is 279 g/mol. The maximum atomic E-state index is 12.1. The molecule has 0 spiro atoms. The average Bonchev–Trinajstić information content (AvgIpc) is 2.39. The minimum Gasteiger partial charge on any atom is -0.327 e. The highest BCUT2D eigenvalue weighted by atomic mass is 32.2. The van der Waals surface area contributed by atoms with E-state index in [-0.39, 0.29) is 11.9 Å². The van der Waals surface area contributed by atoms with Crippen molar-refractivity contribution >= 4 is 23.4 Å². The zero-order valence-corrected chi connectivity index (χ0v) is 12.1. The Kier molecular flexibility index (Phi) is 5.24. The summed E-state index contributed by atoms with van der Waals surface area (Å²) in [4.78, 5) is 15.3. The monoisotopic (exact) mass is 279 g/mol. The number of nitrogens with one attached hydrogen (secondary N) is 1. The molecule has 1 aromatic rings. The molecule has 1 aliphatic rings. The third kappa shape index (κ3) is 4.23. The summed E-state index contributed by atoms with van der Waals surface area (Å²) in [6.07, 6.45) is 4.15. The molecule has 0 radical (unpaired) electrons. The van der Waals surface area contributed by atoms with E-state index < -0.39 is 0 Å². The predicted molar refractivity (Wildman–Crippen MR) is 80.5 cm³/mol. The molecule has 1 aliphatic heterocycles. The fourth-order valence-corrected chi connectivity index (χ4v) is 2.93. The molecule has 0 bridgehead atoms. The normalized spacial score (nSPS) is 20.2. The largest absolute Gasteiger partial charge is 0.327 e. The maximum absolute atomic E-state index is 12.1. The van der Waals surface area contributed by atoms with E-state index in [1.165, 1.54) is 0 Å². The molecule has 0 aliphatic carbocycles. The second-order valence-electron chi connectivity index (χ2n) is 4.89. The predicted octanol–water partition coefficient (Wildman–Crippen LogP) is 1.77. The Morgan fingerprint density at radius 3 is 3.05 bits per heavy atom. The number of carbonyl (C=O) groups excluding carboxylic acids is 1. The summed E-state index contributed by atoms with van der Waals surface area (Å²) < 4.78 is 0. The van der Waals surface area contributed by atoms with Gasteiger partial charge in [-0.2, -0.15) is 0 Å². The first kappa shape index (κ1) is 14.4. The first-order chi connectivity index (χ1) is 9.19. The Hall–Kier alpha value is -1.04. The number of benzene rings is 1. The quantitative estimate of drug-likeness (QED) is 0.825. The van der Waals surface area contributed by atoms with Crippen molar-refractivity contribution in [1.29, 1.82) is 0 Å². The number of nitrogens with two attached hydrogens (primary N) is 1. The highest BCUT2D eigenvalue weighted by Gasteiger charge is 2.19. The molecule has 1 amide bonds. The van der Waals surface area contributed by atoms with Crippen LogP contribution in [0.3, 0.4) is 0 Å². The van der Waals surface area contributed by atoms with Crippen LogP contribution >= 0.6 is 11.8 Å². The van der Waals surface area contributed by atoms with Crippen molar-refractivity contribution in [3.63, 3.8) is 0 Å². The molecular formula is C14H21N3OS. The molecule has 0 aromatic heterocycles. The summed E-state index contributed by atoms with van der Waals surface area (Å²) >= 11 is 1.64. The molecule has 2 rings (SSSR count).